The highest BCUT2D eigenvalue weighted by Crippen LogP contribution is 2.46. The molecule has 46 heavy (non-hydrogen) atoms. The zero-order chi connectivity index (χ0) is 32.0. The molecule has 7 rings (SSSR count). The first-order chi connectivity index (χ1) is 22.2. The third-order valence-corrected chi connectivity index (χ3v) is 9.78. The van der Waals surface area contributed by atoms with Gasteiger partial charge in [0.25, 0.3) is 0 Å². The number of H-pyrrole nitrogens is 1. The summed E-state index contributed by atoms with van der Waals surface area (Å²) in [5, 5.41) is 10.1. The molecule has 0 unspecified atom stereocenters. The third-order valence-electron chi connectivity index (χ3n) is 9.78. The average Bonchev–Trinajstić information content (AvgIpc) is 3.66. The molecule has 1 aliphatic heterocycles. The standard InChI is InChI=1S/C37H37F2N3O4/c1-22-20-37(14-16-45-22,25-6-3-5-24(17-25)9-12-34(43)44)33-21-42(26-7-4-8-26)36(41-33)29-18-27(10-11-30(29)38)46-35-23(2)28-13-15-40-32(28)19-31(35)39/h3,5-6,10-11,13,15,17-19,21-22,26,40H,4,7-9,12,14,16,20H2,1-2H3,(H,43,44)/t22-,37-/m1/s1. The fourth-order valence-corrected chi connectivity index (χ4v) is 7.08. The van der Waals surface area contributed by atoms with Gasteiger partial charge in [-0.1, -0.05) is 24.3 Å². The Balaban J connectivity index is 1.32. The Hall–Kier alpha value is -4.50. The van der Waals surface area contributed by atoms with Gasteiger partial charge in [0, 0.05) is 59.4 Å². The Labute approximate surface area is 266 Å². The molecule has 2 fully saturated rings. The van der Waals surface area contributed by atoms with Crippen molar-refractivity contribution in [1.29, 1.82) is 0 Å². The molecule has 3 aromatic carbocycles. The van der Waals surface area contributed by atoms with Crippen LogP contribution >= 0.6 is 0 Å². The van der Waals surface area contributed by atoms with Crippen LogP contribution in [0.4, 0.5) is 8.78 Å². The van der Waals surface area contributed by atoms with Gasteiger partial charge in [-0.2, -0.15) is 0 Å². The van der Waals surface area contributed by atoms with Gasteiger partial charge in [0.15, 0.2) is 11.6 Å². The molecule has 0 amide bonds. The molecule has 0 spiro atoms. The number of carboxylic acid groups (broad SMARTS) is 1. The van der Waals surface area contributed by atoms with E-state index >= 15 is 8.78 Å². The maximum atomic E-state index is 15.8. The predicted molar refractivity (Wildman–Crippen MR) is 171 cm³/mol. The van der Waals surface area contributed by atoms with Crippen LogP contribution in [-0.2, 0) is 21.4 Å². The molecular weight excluding hydrogens is 588 g/mol. The minimum Gasteiger partial charge on any atom is -0.481 e. The predicted octanol–water partition coefficient (Wildman–Crippen LogP) is 8.64. The number of aromatic nitrogens is 3. The summed E-state index contributed by atoms with van der Waals surface area (Å²) in [5.74, 6) is -0.836. The normalized spacial score (nSPS) is 20.1. The van der Waals surface area contributed by atoms with Crippen LogP contribution in [0.3, 0.4) is 0 Å². The molecule has 9 heteroatoms. The number of carboxylic acids is 1. The van der Waals surface area contributed by atoms with E-state index in [0.29, 0.717) is 54.1 Å². The van der Waals surface area contributed by atoms with Gasteiger partial charge >= 0.3 is 5.97 Å². The Kier molecular flexibility index (Phi) is 7.88. The van der Waals surface area contributed by atoms with Gasteiger partial charge < -0.3 is 24.1 Å². The van der Waals surface area contributed by atoms with Crippen LogP contribution in [0.1, 0.15) is 73.9 Å². The van der Waals surface area contributed by atoms with Gasteiger partial charge in [0.2, 0.25) is 0 Å². The van der Waals surface area contributed by atoms with E-state index in [1.165, 1.54) is 18.2 Å². The molecule has 2 aromatic heterocycles. The number of aliphatic carboxylic acids is 1. The number of nitrogens with one attached hydrogen (secondary N) is 1. The SMILES string of the molecule is Cc1c(Oc2ccc(F)c(-c3nc([C@]4(c5cccc(CCC(=O)O)c5)CCO[C@H](C)C4)cn3C3CCC3)c2)c(F)cc2[nH]ccc12. The van der Waals surface area contributed by atoms with Crippen molar-refractivity contribution in [3.63, 3.8) is 0 Å². The molecule has 2 N–H and O–H groups in total. The van der Waals surface area contributed by atoms with Gasteiger partial charge in [-0.05, 0) is 87.8 Å². The number of aromatic amines is 1. The van der Waals surface area contributed by atoms with E-state index < -0.39 is 23.0 Å². The van der Waals surface area contributed by atoms with Crippen LogP contribution in [0.2, 0.25) is 0 Å². The molecule has 0 radical (unpaired) electrons. The molecule has 3 heterocycles. The number of carbonyl (C=O) groups is 1. The Bertz CT molecular complexity index is 1930. The number of hydrogen-bond donors (Lipinski definition) is 2. The molecule has 1 saturated carbocycles. The van der Waals surface area contributed by atoms with Crippen molar-refractivity contribution >= 4 is 16.9 Å². The summed E-state index contributed by atoms with van der Waals surface area (Å²) < 4.78 is 45.1. The molecule has 238 valence electrons. The van der Waals surface area contributed by atoms with Gasteiger partial charge in [-0.3, -0.25) is 4.79 Å². The molecule has 5 aromatic rings. The molecular formula is C37H37F2N3O4. The summed E-state index contributed by atoms with van der Waals surface area (Å²) in [6.45, 7) is 4.40. The molecule has 7 nitrogen and oxygen atoms in total. The van der Waals surface area contributed by atoms with Crippen LogP contribution in [0.5, 0.6) is 11.5 Å². The number of aryl methyl sites for hydroxylation is 2. The summed E-state index contributed by atoms with van der Waals surface area (Å²) in [7, 11) is 0. The number of nitrogens with zero attached hydrogens (tertiary/aromatic N) is 2. The van der Waals surface area contributed by atoms with E-state index in [4.69, 9.17) is 14.5 Å². The van der Waals surface area contributed by atoms with Crippen LogP contribution in [0.15, 0.2) is 67.0 Å². The summed E-state index contributed by atoms with van der Waals surface area (Å²) in [6, 6.07) is 16.1. The second-order valence-electron chi connectivity index (χ2n) is 12.7. The third kappa shape index (κ3) is 5.47. The van der Waals surface area contributed by atoms with Crippen LogP contribution in [0, 0.1) is 18.6 Å². The Morgan fingerprint density at radius 3 is 2.76 bits per heavy atom. The summed E-state index contributed by atoms with van der Waals surface area (Å²) in [6.07, 6.45) is 8.69. The lowest BCUT2D eigenvalue weighted by Crippen LogP contribution is -2.39. The number of rotatable bonds is 9. The number of fused-ring (bicyclic) bond motifs is 1. The Morgan fingerprint density at radius 2 is 2.00 bits per heavy atom. The number of halogens is 2. The van der Waals surface area contributed by atoms with Crippen molar-refractivity contribution < 1.29 is 28.2 Å². The van der Waals surface area contributed by atoms with Crippen molar-refractivity contribution in [2.24, 2.45) is 0 Å². The van der Waals surface area contributed by atoms with Crippen molar-refractivity contribution in [3.8, 4) is 22.9 Å². The van der Waals surface area contributed by atoms with E-state index in [9.17, 15) is 9.90 Å². The second kappa shape index (κ2) is 12.0. The minimum atomic E-state index is -0.833. The summed E-state index contributed by atoms with van der Waals surface area (Å²) in [5.41, 5.74) is 3.97. The van der Waals surface area contributed by atoms with Gasteiger partial charge in [0.1, 0.15) is 17.4 Å². The largest absolute Gasteiger partial charge is 0.481 e. The van der Waals surface area contributed by atoms with Gasteiger partial charge in [0.05, 0.1) is 17.4 Å². The number of benzene rings is 3. The molecule has 1 aliphatic carbocycles. The van der Waals surface area contributed by atoms with Crippen molar-refractivity contribution in [2.75, 3.05) is 6.61 Å². The van der Waals surface area contributed by atoms with Crippen LogP contribution in [-0.4, -0.2) is 38.3 Å². The maximum Gasteiger partial charge on any atom is 0.303 e. The second-order valence-corrected chi connectivity index (χ2v) is 12.7. The first-order valence-corrected chi connectivity index (χ1v) is 16.0. The number of hydrogen-bond acceptors (Lipinski definition) is 4. The smallest absolute Gasteiger partial charge is 0.303 e. The van der Waals surface area contributed by atoms with E-state index in [1.807, 2.05) is 18.2 Å². The highest BCUT2D eigenvalue weighted by molar-refractivity contribution is 5.85. The summed E-state index contributed by atoms with van der Waals surface area (Å²) in [4.78, 5) is 19.5. The van der Waals surface area contributed by atoms with E-state index in [1.54, 1.807) is 19.2 Å². The first kappa shape index (κ1) is 30.2. The maximum absolute atomic E-state index is 15.8. The minimum absolute atomic E-state index is 0.0299. The van der Waals surface area contributed by atoms with Gasteiger partial charge in [-0.15, -0.1) is 0 Å². The molecule has 2 atom stereocenters. The first-order valence-electron chi connectivity index (χ1n) is 16.0. The molecule has 0 bridgehead atoms. The van der Waals surface area contributed by atoms with E-state index in [2.05, 4.69) is 34.8 Å². The lowest BCUT2D eigenvalue weighted by molar-refractivity contribution is -0.136. The highest BCUT2D eigenvalue weighted by atomic mass is 19.1. The fourth-order valence-electron chi connectivity index (χ4n) is 7.08. The van der Waals surface area contributed by atoms with Crippen LogP contribution < -0.4 is 4.74 Å². The van der Waals surface area contributed by atoms with Crippen molar-refractivity contribution in [1.82, 2.24) is 14.5 Å². The van der Waals surface area contributed by atoms with Crippen LogP contribution in [0.25, 0.3) is 22.3 Å². The monoisotopic (exact) mass is 625 g/mol. The summed E-state index contributed by atoms with van der Waals surface area (Å²) >= 11 is 0. The fraction of sp³-hybridized carbons (Fsp3) is 0.351. The highest BCUT2D eigenvalue weighted by Gasteiger charge is 2.42. The van der Waals surface area contributed by atoms with Crippen molar-refractivity contribution in [2.45, 2.75) is 76.4 Å². The Morgan fingerprint density at radius 1 is 1.15 bits per heavy atom. The van der Waals surface area contributed by atoms with Crippen molar-refractivity contribution in [3.05, 3.63) is 101 Å². The lowest BCUT2D eigenvalue weighted by Gasteiger charge is -2.39. The zero-order valence-corrected chi connectivity index (χ0v) is 26.0. The average molecular weight is 626 g/mol. The van der Waals surface area contributed by atoms with E-state index in [0.717, 1.165) is 41.5 Å². The zero-order valence-electron chi connectivity index (χ0n) is 26.0. The quantitative estimate of drug-likeness (QED) is 0.171. The molecule has 2 aliphatic rings. The number of ether oxygens (including phenoxy) is 2. The lowest BCUT2D eigenvalue weighted by atomic mass is 9.70. The topological polar surface area (TPSA) is 89.4 Å². The molecule has 1 saturated heterocycles. The van der Waals surface area contributed by atoms with E-state index in [-0.39, 0.29) is 24.3 Å². The van der Waals surface area contributed by atoms with Gasteiger partial charge in [-0.25, -0.2) is 13.8 Å². The number of imidazole rings is 1.